The Morgan fingerprint density at radius 1 is 1.12 bits per heavy atom. The summed E-state index contributed by atoms with van der Waals surface area (Å²) in [5.74, 6) is -1.48. The van der Waals surface area contributed by atoms with Gasteiger partial charge in [0.2, 0.25) is 0 Å². The number of hydrogen-bond donors (Lipinski definition) is 2. The molecule has 0 saturated heterocycles. The number of nitrogens with one attached hydrogen (secondary N) is 2. The lowest BCUT2D eigenvalue weighted by Gasteiger charge is -2.07. The average Bonchev–Trinajstić information content (AvgIpc) is 3.10. The Morgan fingerprint density at radius 2 is 1.88 bits per heavy atom. The van der Waals surface area contributed by atoms with Crippen LogP contribution >= 0.6 is 11.6 Å². The average molecular weight is 467 g/mol. The Kier molecular flexibility index (Phi) is 7.99. The van der Waals surface area contributed by atoms with E-state index in [1.54, 1.807) is 35.9 Å². The van der Waals surface area contributed by atoms with E-state index in [4.69, 9.17) is 16.3 Å². The molecule has 170 valence electrons. The van der Waals surface area contributed by atoms with Gasteiger partial charge in [0.25, 0.3) is 11.8 Å². The number of hydrogen-bond acceptors (Lipinski definition) is 5. The first kappa shape index (κ1) is 23.7. The van der Waals surface area contributed by atoms with Gasteiger partial charge in [-0.15, -0.1) is 0 Å². The Balaban J connectivity index is 1.57. The van der Waals surface area contributed by atoms with Crippen molar-refractivity contribution in [3.05, 3.63) is 82.6 Å². The number of para-hydroxylation sites is 1. The SMILES string of the molecule is CCNC(=O)c1cccc(NC(=O)COC(=O)/C=C/c2c(C)nn(-c3ccccc3)c2Cl)c1. The molecule has 0 spiro atoms. The lowest BCUT2D eigenvalue weighted by atomic mass is 10.2. The van der Waals surface area contributed by atoms with Crippen molar-refractivity contribution in [2.45, 2.75) is 13.8 Å². The summed E-state index contributed by atoms with van der Waals surface area (Å²) in [6.45, 7) is 3.61. The van der Waals surface area contributed by atoms with E-state index < -0.39 is 18.5 Å². The molecular formula is C24H23ClN4O4. The maximum Gasteiger partial charge on any atom is 0.331 e. The van der Waals surface area contributed by atoms with Crippen molar-refractivity contribution in [2.75, 3.05) is 18.5 Å². The molecule has 2 N–H and O–H groups in total. The molecule has 8 nitrogen and oxygen atoms in total. The summed E-state index contributed by atoms with van der Waals surface area (Å²) >= 11 is 6.42. The van der Waals surface area contributed by atoms with Crippen LogP contribution in [0.5, 0.6) is 0 Å². The normalized spacial score (nSPS) is 10.8. The summed E-state index contributed by atoms with van der Waals surface area (Å²) in [6.07, 6.45) is 2.69. The molecule has 2 aromatic carbocycles. The third-order valence-electron chi connectivity index (χ3n) is 4.53. The van der Waals surface area contributed by atoms with Gasteiger partial charge in [0.05, 0.1) is 11.4 Å². The number of rotatable bonds is 8. The Bertz CT molecular complexity index is 1190. The van der Waals surface area contributed by atoms with Crippen molar-refractivity contribution in [1.82, 2.24) is 15.1 Å². The highest BCUT2D eigenvalue weighted by atomic mass is 35.5. The van der Waals surface area contributed by atoms with Crippen molar-refractivity contribution in [3.63, 3.8) is 0 Å². The van der Waals surface area contributed by atoms with Crippen LogP contribution in [0.25, 0.3) is 11.8 Å². The van der Waals surface area contributed by atoms with Crippen LogP contribution in [-0.2, 0) is 14.3 Å². The zero-order valence-corrected chi connectivity index (χ0v) is 18.9. The first-order valence-corrected chi connectivity index (χ1v) is 10.6. The van der Waals surface area contributed by atoms with E-state index in [1.807, 2.05) is 37.3 Å². The highest BCUT2D eigenvalue weighted by Crippen LogP contribution is 2.24. The molecule has 33 heavy (non-hydrogen) atoms. The standard InChI is InChI=1S/C24H23ClN4O4/c1-3-26-24(32)17-8-7-9-18(14-17)27-21(30)15-33-22(31)13-12-20-16(2)28-29(23(20)25)19-10-5-4-6-11-19/h4-14H,3,15H2,1-2H3,(H,26,32)(H,27,30)/b13-12+. The van der Waals surface area contributed by atoms with Gasteiger partial charge in [-0.05, 0) is 50.3 Å². The van der Waals surface area contributed by atoms with Gasteiger partial charge in [0.1, 0.15) is 5.15 Å². The minimum atomic E-state index is -0.704. The number of amides is 2. The lowest BCUT2D eigenvalue weighted by Crippen LogP contribution is -2.23. The van der Waals surface area contributed by atoms with Crippen LogP contribution < -0.4 is 10.6 Å². The molecule has 0 atom stereocenters. The number of aromatic nitrogens is 2. The number of aryl methyl sites for hydroxylation is 1. The van der Waals surface area contributed by atoms with Crippen LogP contribution in [0.2, 0.25) is 5.15 Å². The zero-order valence-electron chi connectivity index (χ0n) is 18.2. The van der Waals surface area contributed by atoms with Crippen molar-refractivity contribution < 1.29 is 19.1 Å². The summed E-state index contributed by atoms with van der Waals surface area (Å²) in [6, 6.07) is 15.8. The number of nitrogens with zero attached hydrogens (tertiary/aromatic N) is 2. The van der Waals surface area contributed by atoms with E-state index in [0.717, 1.165) is 5.69 Å². The third-order valence-corrected chi connectivity index (χ3v) is 4.89. The van der Waals surface area contributed by atoms with E-state index in [2.05, 4.69) is 15.7 Å². The van der Waals surface area contributed by atoms with E-state index in [1.165, 1.54) is 12.2 Å². The Hall–Kier alpha value is -3.91. The van der Waals surface area contributed by atoms with Gasteiger partial charge in [0, 0.05) is 29.4 Å². The fourth-order valence-electron chi connectivity index (χ4n) is 2.97. The molecule has 0 aliphatic heterocycles. The molecule has 0 aliphatic carbocycles. The Labute approximate surface area is 196 Å². The maximum atomic E-state index is 12.1. The van der Waals surface area contributed by atoms with Crippen molar-refractivity contribution in [2.24, 2.45) is 0 Å². The summed E-state index contributed by atoms with van der Waals surface area (Å²) in [7, 11) is 0. The minimum Gasteiger partial charge on any atom is -0.452 e. The van der Waals surface area contributed by atoms with Gasteiger partial charge in [0.15, 0.2) is 6.61 Å². The van der Waals surface area contributed by atoms with Gasteiger partial charge in [-0.3, -0.25) is 9.59 Å². The maximum absolute atomic E-state index is 12.1. The molecule has 0 unspecified atom stereocenters. The molecule has 1 aromatic heterocycles. The minimum absolute atomic E-state index is 0.241. The summed E-state index contributed by atoms with van der Waals surface area (Å²) in [5, 5.41) is 10.0. The Morgan fingerprint density at radius 3 is 2.61 bits per heavy atom. The number of anilines is 1. The van der Waals surface area contributed by atoms with Crippen LogP contribution in [0, 0.1) is 6.92 Å². The van der Waals surface area contributed by atoms with E-state index >= 15 is 0 Å². The van der Waals surface area contributed by atoms with Crippen LogP contribution in [0.3, 0.4) is 0 Å². The first-order valence-electron chi connectivity index (χ1n) is 10.2. The largest absolute Gasteiger partial charge is 0.452 e. The molecule has 2 amide bonds. The number of ether oxygens (including phenoxy) is 1. The highest BCUT2D eigenvalue weighted by Gasteiger charge is 2.13. The molecule has 0 saturated carbocycles. The van der Waals surface area contributed by atoms with E-state index in [9.17, 15) is 14.4 Å². The van der Waals surface area contributed by atoms with Crippen LogP contribution in [-0.4, -0.2) is 40.7 Å². The molecule has 0 aliphatic rings. The number of benzene rings is 2. The summed E-state index contributed by atoms with van der Waals surface area (Å²) in [4.78, 5) is 36.1. The monoisotopic (exact) mass is 466 g/mol. The van der Waals surface area contributed by atoms with Gasteiger partial charge < -0.3 is 15.4 Å². The quantitative estimate of drug-likeness (QED) is 0.388. The molecule has 0 radical (unpaired) electrons. The first-order chi connectivity index (χ1) is 15.9. The van der Waals surface area contributed by atoms with Crippen molar-refractivity contribution >= 4 is 41.1 Å². The van der Waals surface area contributed by atoms with Gasteiger partial charge in [-0.25, -0.2) is 9.48 Å². The number of carbonyl (C=O) groups is 3. The van der Waals surface area contributed by atoms with Gasteiger partial charge in [-0.2, -0.15) is 5.10 Å². The molecule has 9 heteroatoms. The molecule has 3 aromatic rings. The van der Waals surface area contributed by atoms with Crippen LogP contribution in [0.1, 0.15) is 28.5 Å². The van der Waals surface area contributed by atoms with E-state index in [-0.39, 0.29) is 5.91 Å². The number of carbonyl (C=O) groups excluding carboxylic acids is 3. The van der Waals surface area contributed by atoms with Crippen LogP contribution in [0.15, 0.2) is 60.7 Å². The second-order valence-corrected chi connectivity index (χ2v) is 7.32. The highest BCUT2D eigenvalue weighted by molar-refractivity contribution is 6.31. The fourth-order valence-corrected chi connectivity index (χ4v) is 3.31. The molecule has 3 rings (SSSR count). The molecular weight excluding hydrogens is 444 g/mol. The summed E-state index contributed by atoms with van der Waals surface area (Å²) < 4.78 is 6.57. The predicted molar refractivity (Wildman–Crippen MR) is 126 cm³/mol. The number of esters is 1. The second kappa shape index (κ2) is 11.1. The van der Waals surface area contributed by atoms with Gasteiger partial charge >= 0.3 is 5.97 Å². The topological polar surface area (TPSA) is 102 Å². The van der Waals surface area contributed by atoms with Crippen molar-refractivity contribution in [3.8, 4) is 5.69 Å². The second-order valence-electron chi connectivity index (χ2n) is 6.97. The van der Waals surface area contributed by atoms with E-state index in [0.29, 0.717) is 34.2 Å². The summed E-state index contributed by atoms with van der Waals surface area (Å²) in [5.41, 5.74) is 2.84. The smallest absolute Gasteiger partial charge is 0.331 e. The lowest BCUT2D eigenvalue weighted by molar-refractivity contribution is -0.142. The molecule has 0 fully saturated rings. The molecule has 0 bridgehead atoms. The third kappa shape index (κ3) is 6.30. The fraction of sp³-hybridized carbons (Fsp3) is 0.167. The number of halogens is 1. The van der Waals surface area contributed by atoms with Gasteiger partial charge in [-0.1, -0.05) is 35.9 Å². The predicted octanol–water partition coefficient (Wildman–Crippen LogP) is 3.78. The van der Waals surface area contributed by atoms with Crippen molar-refractivity contribution in [1.29, 1.82) is 0 Å². The zero-order chi connectivity index (χ0) is 23.8. The van der Waals surface area contributed by atoms with Crippen LogP contribution in [0.4, 0.5) is 5.69 Å². The molecule has 1 heterocycles.